The molecule has 150 valence electrons. The summed E-state index contributed by atoms with van der Waals surface area (Å²) < 4.78 is 38.8. The lowest BCUT2D eigenvalue weighted by Crippen LogP contribution is -2.47. The van der Waals surface area contributed by atoms with Crippen LogP contribution < -0.4 is 0 Å². The maximum atomic E-state index is 12.9. The van der Waals surface area contributed by atoms with Gasteiger partial charge in [-0.15, -0.1) is 0 Å². The van der Waals surface area contributed by atoms with Gasteiger partial charge in [-0.2, -0.15) is 24.9 Å². The molecule has 1 amide bonds. The van der Waals surface area contributed by atoms with Gasteiger partial charge in [0.2, 0.25) is 0 Å². The zero-order valence-corrected chi connectivity index (χ0v) is 15.7. The second kappa shape index (κ2) is 7.86. The maximum Gasteiger partial charge on any atom is 0.416 e. The Morgan fingerprint density at radius 1 is 1.39 bits per heavy atom. The number of alkyl halides is 3. The number of thioether (sulfide) groups is 1. The molecule has 0 spiro atoms. The van der Waals surface area contributed by atoms with Gasteiger partial charge in [0.05, 0.1) is 18.0 Å². The maximum absolute atomic E-state index is 12.9. The Balaban J connectivity index is 1.89. The van der Waals surface area contributed by atoms with Crippen LogP contribution in [0.5, 0.6) is 0 Å². The van der Waals surface area contributed by atoms with Crippen LogP contribution in [0.2, 0.25) is 0 Å². The number of carboxylic acid groups (broad SMARTS) is 1. The number of rotatable bonds is 4. The average molecular weight is 413 g/mol. The first-order chi connectivity index (χ1) is 13.2. The number of halogens is 3. The molecule has 1 saturated heterocycles. The van der Waals surface area contributed by atoms with E-state index in [0.717, 1.165) is 12.1 Å². The van der Waals surface area contributed by atoms with Crippen LogP contribution >= 0.6 is 11.8 Å². The van der Waals surface area contributed by atoms with Crippen molar-refractivity contribution in [3.05, 3.63) is 41.2 Å². The molecule has 10 heteroatoms. The SMILES string of the molecule is Cc1[nH]c(-c2cccc(C(F)(F)F)c2)nc1C(=O)N1CCSC[C@H]1CC(=O)O. The second-order valence-electron chi connectivity index (χ2n) is 6.46. The standard InChI is InChI=1S/C18H18F3N3O3S/c1-10-15(17(27)24-5-6-28-9-13(24)8-14(25)26)23-16(22-10)11-3-2-4-12(7-11)18(19,20)21/h2-4,7,13H,5-6,8-9H2,1H3,(H,22,23)(H,25,26)/t13-/m1/s1. The molecule has 3 rings (SSSR count). The number of aromatic amines is 1. The lowest BCUT2D eigenvalue weighted by Gasteiger charge is -2.34. The molecule has 1 aromatic carbocycles. The van der Waals surface area contributed by atoms with Crippen LogP contribution in [0.3, 0.4) is 0 Å². The van der Waals surface area contributed by atoms with Crippen molar-refractivity contribution in [3.63, 3.8) is 0 Å². The van der Waals surface area contributed by atoms with Crippen LogP contribution in [-0.2, 0) is 11.0 Å². The Kier molecular flexibility index (Phi) is 5.69. The fourth-order valence-electron chi connectivity index (χ4n) is 3.08. The molecule has 1 aliphatic heterocycles. The summed E-state index contributed by atoms with van der Waals surface area (Å²) >= 11 is 1.58. The molecule has 0 aliphatic carbocycles. The molecular weight excluding hydrogens is 395 g/mol. The monoisotopic (exact) mass is 413 g/mol. The topological polar surface area (TPSA) is 86.3 Å². The number of imidazole rings is 1. The van der Waals surface area contributed by atoms with Gasteiger partial charge >= 0.3 is 12.1 Å². The largest absolute Gasteiger partial charge is 0.481 e. The summed E-state index contributed by atoms with van der Waals surface area (Å²) in [5.74, 6) is -0.0475. The number of nitrogens with one attached hydrogen (secondary N) is 1. The van der Waals surface area contributed by atoms with Crippen LogP contribution in [0.25, 0.3) is 11.4 Å². The van der Waals surface area contributed by atoms with Gasteiger partial charge in [-0.05, 0) is 19.1 Å². The quantitative estimate of drug-likeness (QED) is 0.802. The summed E-state index contributed by atoms with van der Waals surface area (Å²) in [4.78, 5) is 32.6. The summed E-state index contributed by atoms with van der Waals surface area (Å²) in [6, 6.07) is 4.25. The van der Waals surface area contributed by atoms with E-state index in [1.807, 2.05) is 0 Å². The van der Waals surface area contributed by atoms with Crippen LogP contribution in [0, 0.1) is 6.92 Å². The first-order valence-electron chi connectivity index (χ1n) is 8.51. The smallest absolute Gasteiger partial charge is 0.416 e. The molecule has 0 bridgehead atoms. The molecule has 6 nitrogen and oxygen atoms in total. The van der Waals surface area contributed by atoms with Crippen LogP contribution in [0.4, 0.5) is 13.2 Å². The van der Waals surface area contributed by atoms with Gasteiger partial charge < -0.3 is 15.0 Å². The third kappa shape index (κ3) is 4.32. The van der Waals surface area contributed by atoms with Crippen molar-refractivity contribution in [1.82, 2.24) is 14.9 Å². The normalized spacial score (nSPS) is 17.6. The van der Waals surface area contributed by atoms with Gasteiger partial charge in [0.1, 0.15) is 11.5 Å². The summed E-state index contributed by atoms with van der Waals surface area (Å²) in [7, 11) is 0. The first-order valence-corrected chi connectivity index (χ1v) is 9.67. The molecule has 1 fully saturated rings. The summed E-state index contributed by atoms with van der Waals surface area (Å²) in [6.07, 6.45) is -4.64. The van der Waals surface area contributed by atoms with Gasteiger partial charge in [-0.3, -0.25) is 9.59 Å². The summed E-state index contributed by atoms with van der Waals surface area (Å²) in [5, 5.41) is 9.07. The number of carbonyl (C=O) groups excluding carboxylic acids is 1. The Bertz CT molecular complexity index is 898. The number of carbonyl (C=O) groups is 2. The van der Waals surface area contributed by atoms with E-state index < -0.39 is 29.7 Å². The van der Waals surface area contributed by atoms with Crippen molar-refractivity contribution in [2.45, 2.75) is 25.6 Å². The van der Waals surface area contributed by atoms with E-state index in [1.165, 1.54) is 17.0 Å². The highest BCUT2D eigenvalue weighted by molar-refractivity contribution is 7.99. The van der Waals surface area contributed by atoms with E-state index in [2.05, 4.69) is 9.97 Å². The van der Waals surface area contributed by atoms with E-state index in [0.29, 0.717) is 23.7 Å². The van der Waals surface area contributed by atoms with Gasteiger partial charge in [-0.1, -0.05) is 12.1 Å². The minimum Gasteiger partial charge on any atom is -0.481 e. The lowest BCUT2D eigenvalue weighted by atomic mass is 10.1. The molecule has 0 saturated carbocycles. The highest BCUT2D eigenvalue weighted by Gasteiger charge is 2.33. The molecule has 2 heterocycles. The Morgan fingerprint density at radius 2 is 2.14 bits per heavy atom. The molecular formula is C18H18F3N3O3S. The van der Waals surface area contributed by atoms with Crippen molar-refractivity contribution in [2.24, 2.45) is 0 Å². The fourth-order valence-corrected chi connectivity index (χ4v) is 4.14. The van der Waals surface area contributed by atoms with Crippen LogP contribution in [-0.4, -0.2) is 55.9 Å². The first kappa shape index (κ1) is 20.2. The molecule has 1 aliphatic rings. The molecule has 1 aromatic heterocycles. The van der Waals surface area contributed by atoms with E-state index in [4.69, 9.17) is 5.11 Å². The highest BCUT2D eigenvalue weighted by atomic mass is 32.2. The van der Waals surface area contributed by atoms with E-state index >= 15 is 0 Å². The Hall–Kier alpha value is -2.49. The number of aliphatic carboxylic acids is 1. The van der Waals surface area contributed by atoms with E-state index in [9.17, 15) is 22.8 Å². The number of amides is 1. The number of benzene rings is 1. The number of carboxylic acids is 1. The number of nitrogens with zero attached hydrogens (tertiary/aromatic N) is 2. The fraction of sp³-hybridized carbons (Fsp3) is 0.389. The van der Waals surface area contributed by atoms with Gasteiger partial charge in [0, 0.05) is 29.3 Å². The molecule has 28 heavy (non-hydrogen) atoms. The number of hydrogen-bond donors (Lipinski definition) is 2. The minimum atomic E-state index is -4.48. The lowest BCUT2D eigenvalue weighted by molar-refractivity contribution is -0.138. The Morgan fingerprint density at radius 3 is 2.82 bits per heavy atom. The number of aryl methyl sites for hydroxylation is 1. The third-order valence-corrected chi connectivity index (χ3v) is 5.54. The molecule has 1 atom stereocenters. The molecule has 0 radical (unpaired) electrons. The van der Waals surface area contributed by atoms with E-state index in [-0.39, 0.29) is 23.5 Å². The number of H-pyrrole nitrogens is 1. The average Bonchev–Trinajstić information content (AvgIpc) is 3.02. The van der Waals surface area contributed by atoms with Gasteiger partial charge in [0.15, 0.2) is 0 Å². The zero-order valence-electron chi connectivity index (χ0n) is 14.9. The summed E-state index contributed by atoms with van der Waals surface area (Å²) in [5.41, 5.74) is -0.0748. The summed E-state index contributed by atoms with van der Waals surface area (Å²) in [6.45, 7) is 2.01. The predicted octanol–water partition coefficient (Wildman–Crippen LogP) is 3.44. The van der Waals surface area contributed by atoms with Crippen molar-refractivity contribution >= 4 is 23.6 Å². The van der Waals surface area contributed by atoms with Crippen molar-refractivity contribution < 1.29 is 27.9 Å². The van der Waals surface area contributed by atoms with Crippen LogP contribution in [0.15, 0.2) is 24.3 Å². The molecule has 2 N–H and O–H groups in total. The van der Waals surface area contributed by atoms with E-state index in [1.54, 1.807) is 18.7 Å². The predicted molar refractivity (Wildman–Crippen MR) is 98.2 cm³/mol. The van der Waals surface area contributed by atoms with Gasteiger partial charge in [-0.25, -0.2) is 4.98 Å². The van der Waals surface area contributed by atoms with Crippen molar-refractivity contribution in [3.8, 4) is 11.4 Å². The van der Waals surface area contributed by atoms with Crippen LogP contribution in [0.1, 0.15) is 28.2 Å². The van der Waals surface area contributed by atoms with Gasteiger partial charge in [0.25, 0.3) is 5.91 Å². The Labute approximate surface area is 163 Å². The minimum absolute atomic E-state index is 0.0923. The zero-order chi connectivity index (χ0) is 20.5. The number of aromatic nitrogens is 2. The molecule has 2 aromatic rings. The molecule has 0 unspecified atom stereocenters. The second-order valence-corrected chi connectivity index (χ2v) is 7.61. The van der Waals surface area contributed by atoms with Crippen molar-refractivity contribution in [2.75, 3.05) is 18.1 Å². The highest BCUT2D eigenvalue weighted by Crippen LogP contribution is 2.32. The third-order valence-electron chi connectivity index (χ3n) is 4.45. The van der Waals surface area contributed by atoms with Crippen molar-refractivity contribution in [1.29, 1.82) is 0 Å². The number of hydrogen-bond acceptors (Lipinski definition) is 4.